The first kappa shape index (κ1) is 23.6. The van der Waals surface area contributed by atoms with Crippen molar-refractivity contribution in [3.63, 3.8) is 0 Å². The average Bonchev–Trinajstić information content (AvgIpc) is 2.64. The van der Waals surface area contributed by atoms with Crippen LogP contribution in [0.2, 0.25) is 18.1 Å². The van der Waals surface area contributed by atoms with Gasteiger partial charge in [0.1, 0.15) is 22.4 Å². The second-order valence-corrected chi connectivity index (χ2v) is 15.0. The normalized spacial score (nSPS) is 14.2. The van der Waals surface area contributed by atoms with Crippen LogP contribution in [0.25, 0.3) is 0 Å². The molecule has 0 N–H and O–H groups in total. The zero-order chi connectivity index (χ0) is 21.9. The van der Waals surface area contributed by atoms with Crippen molar-refractivity contribution in [1.29, 1.82) is 0 Å². The Morgan fingerprint density at radius 3 is 2.21 bits per heavy atom. The highest BCUT2D eigenvalue weighted by molar-refractivity contribution is 9.09. The minimum absolute atomic E-state index is 0.0615. The molecule has 0 bridgehead atoms. The van der Waals surface area contributed by atoms with Crippen LogP contribution in [0.3, 0.4) is 0 Å². The standard InChI is InChI=1S/C23H31BrO4Si/c1-22(2,3)29(6,7)28-23(4,24)18-13-14-20(19(15-18)21(25)26-5)27-16-17-11-9-8-10-12-17/h8-15H,16H2,1-7H3. The Kier molecular flexibility index (Phi) is 7.36. The zero-order valence-corrected chi connectivity index (χ0v) is 20.9. The fourth-order valence-corrected chi connectivity index (χ4v) is 5.47. The van der Waals surface area contributed by atoms with E-state index in [4.69, 9.17) is 13.9 Å². The van der Waals surface area contributed by atoms with Crippen LogP contribution in [0.15, 0.2) is 48.5 Å². The SMILES string of the molecule is COC(=O)c1cc(C(C)(Br)O[Si](C)(C)C(C)(C)C)ccc1OCc1ccccc1. The van der Waals surface area contributed by atoms with Gasteiger partial charge in [-0.3, -0.25) is 0 Å². The molecule has 0 fully saturated rings. The van der Waals surface area contributed by atoms with Gasteiger partial charge in [0.15, 0.2) is 8.32 Å². The Balaban J connectivity index is 2.33. The molecule has 158 valence electrons. The summed E-state index contributed by atoms with van der Waals surface area (Å²) in [5.41, 5.74) is 2.25. The number of hydrogen-bond donors (Lipinski definition) is 0. The van der Waals surface area contributed by atoms with Crippen molar-refractivity contribution in [2.24, 2.45) is 0 Å². The van der Waals surface area contributed by atoms with Crippen LogP contribution in [-0.2, 0) is 20.3 Å². The number of esters is 1. The zero-order valence-electron chi connectivity index (χ0n) is 18.3. The summed E-state index contributed by atoms with van der Waals surface area (Å²) in [6.07, 6.45) is 0. The minimum Gasteiger partial charge on any atom is -0.488 e. The fraction of sp³-hybridized carbons (Fsp3) is 0.435. The number of carbonyl (C=O) groups excluding carboxylic acids is 1. The highest BCUT2D eigenvalue weighted by atomic mass is 79.9. The number of methoxy groups -OCH3 is 1. The van der Waals surface area contributed by atoms with E-state index < -0.39 is 18.8 Å². The first-order valence-electron chi connectivity index (χ1n) is 9.66. The monoisotopic (exact) mass is 478 g/mol. The van der Waals surface area contributed by atoms with Crippen molar-refractivity contribution >= 4 is 30.2 Å². The molecule has 0 heterocycles. The van der Waals surface area contributed by atoms with Gasteiger partial charge >= 0.3 is 5.97 Å². The molecule has 0 radical (unpaired) electrons. The van der Waals surface area contributed by atoms with Gasteiger partial charge in [-0.05, 0) is 48.3 Å². The Hall–Kier alpha value is -1.63. The summed E-state index contributed by atoms with van der Waals surface area (Å²) in [7, 11) is -0.673. The molecule has 2 aromatic rings. The number of ether oxygens (including phenoxy) is 2. The summed E-state index contributed by atoms with van der Waals surface area (Å²) in [6, 6.07) is 15.3. The van der Waals surface area contributed by atoms with Gasteiger partial charge in [-0.1, -0.05) is 73.1 Å². The maximum atomic E-state index is 12.4. The molecule has 6 heteroatoms. The fourth-order valence-electron chi connectivity index (χ4n) is 2.63. The highest BCUT2D eigenvalue weighted by Gasteiger charge is 2.43. The highest BCUT2D eigenvalue weighted by Crippen LogP contribution is 2.44. The van der Waals surface area contributed by atoms with Crippen LogP contribution in [0.4, 0.5) is 0 Å². The molecule has 2 rings (SSSR count). The van der Waals surface area contributed by atoms with Crippen molar-refractivity contribution in [2.75, 3.05) is 7.11 Å². The molecule has 0 aliphatic rings. The molecule has 4 nitrogen and oxygen atoms in total. The maximum Gasteiger partial charge on any atom is 0.341 e. The predicted molar refractivity (Wildman–Crippen MR) is 123 cm³/mol. The molecule has 0 saturated carbocycles. The van der Waals surface area contributed by atoms with Gasteiger partial charge in [0.05, 0.1) is 7.11 Å². The molecular weight excluding hydrogens is 448 g/mol. The summed E-state index contributed by atoms with van der Waals surface area (Å²) in [5.74, 6) is 0.0469. The van der Waals surface area contributed by atoms with Crippen LogP contribution in [-0.4, -0.2) is 21.4 Å². The van der Waals surface area contributed by atoms with Crippen molar-refractivity contribution in [1.82, 2.24) is 0 Å². The van der Waals surface area contributed by atoms with Crippen molar-refractivity contribution in [2.45, 2.75) is 56.9 Å². The second kappa shape index (κ2) is 9.02. The van der Waals surface area contributed by atoms with Crippen LogP contribution in [0.5, 0.6) is 5.75 Å². The number of rotatable bonds is 7. The Morgan fingerprint density at radius 2 is 1.66 bits per heavy atom. The number of alkyl halides is 1. The lowest BCUT2D eigenvalue weighted by Crippen LogP contribution is -2.45. The molecule has 0 spiro atoms. The van der Waals surface area contributed by atoms with Gasteiger partial charge in [0.2, 0.25) is 0 Å². The molecule has 0 aliphatic heterocycles. The molecule has 29 heavy (non-hydrogen) atoms. The van der Waals surface area contributed by atoms with Gasteiger partial charge in [0, 0.05) is 0 Å². The first-order valence-corrected chi connectivity index (χ1v) is 13.4. The van der Waals surface area contributed by atoms with Gasteiger partial charge in [-0.25, -0.2) is 4.79 Å². The molecule has 0 aromatic heterocycles. The van der Waals surface area contributed by atoms with Crippen molar-refractivity contribution in [3.8, 4) is 5.75 Å². The third-order valence-electron chi connectivity index (χ3n) is 5.39. The van der Waals surface area contributed by atoms with Gasteiger partial charge < -0.3 is 13.9 Å². The quantitative estimate of drug-likeness (QED) is 0.254. The van der Waals surface area contributed by atoms with Crippen LogP contribution >= 0.6 is 15.9 Å². The smallest absolute Gasteiger partial charge is 0.341 e. The number of hydrogen-bond acceptors (Lipinski definition) is 4. The Morgan fingerprint density at radius 1 is 1.03 bits per heavy atom. The van der Waals surface area contributed by atoms with Gasteiger partial charge in [-0.2, -0.15) is 0 Å². The van der Waals surface area contributed by atoms with Crippen molar-refractivity contribution in [3.05, 3.63) is 65.2 Å². The van der Waals surface area contributed by atoms with E-state index in [0.717, 1.165) is 11.1 Å². The average molecular weight is 479 g/mol. The summed E-state index contributed by atoms with van der Waals surface area (Å²) in [4.78, 5) is 12.4. The summed E-state index contributed by atoms with van der Waals surface area (Å²) >= 11 is 3.74. The van der Waals surface area contributed by atoms with Crippen molar-refractivity contribution < 1.29 is 18.7 Å². The van der Waals surface area contributed by atoms with Crippen LogP contribution < -0.4 is 4.74 Å². The summed E-state index contributed by atoms with van der Waals surface area (Å²) in [6.45, 7) is 13.3. The summed E-state index contributed by atoms with van der Waals surface area (Å²) in [5, 5.41) is 0.0615. The van der Waals surface area contributed by atoms with Crippen LogP contribution in [0, 0.1) is 0 Å². The summed E-state index contributed by atoms with van der Waals surface area (Å²) < 4.78 is 16.8. The lowest BCUT2D eigenvalue weighted by atomic mass is 10.1. The number of halogens is 1. The van der Waals surface area contributed by atoms with Gasteiger partial charge in [0.25, 0.3) is 0 Å². The predicted octanol–water partition coefficient (Wildman–Crippen LogP) is 6.64. The topological polar surface area (TPSA) is 44.8 Å². The van der Waals surface area contributed by atoms with E-state index in [1.165, 1.54) is 7.11 Å². The number of carbonyl (C=O) groups is 1. The van der Waals surface area contributed by atoms with E-state index in [-0.39, 0.29) is 5.04 Å². The third-order valence-corrected chi connectivity index (χ3v) is 10.8. The first-order chi connectivity index (χ1) is 13.4. The molecule has 1 unspecified atom stereocenters. The van der Waals surface area contributed by atoms with E-state index in [1.54, 1.807) is 12.1 Å². The molecule has 0 amide bonds. The molecule has 0 saturated heterocycles. The largest absolute Gasteiger partial charge is 0.488 e. The molecular formula is C23H31BrO4Si. The molecule has 0 aliphatic carbocycles. The molecule has 2 aromatic carbocycles. The van der Waals surface area contributed by atoms with E-state index in [1.807, 2.05) is 43.3 Å². The second-order valence-electron chi connectivity index (χ2n) is 8.76. The minimum atomic E-state index is -2.04. The Bertz CT molecular complexity index is 842. The van der Waals surface area contributed by atoms with E-state index in [2.05, 4.69) is 49.8 Å². The van der Waals surface area contributed by atoms with Gasteiger partial charge in [-0.15, -0.1) is 0 Å². The van der Waals surface area contributed by atoms with Crippen LogP contribution in [0.1, 0.15) is 49.2 Å². The number of benzene rings is 2. The lowest BCUT2D eigenvalue weighted by Gasteiger charge is -2.42. The van der Waals surface area contributed by atoms with E-state index in [9.17, 15) is 4.79 Å². The van der Waals surface area contributed by atoms with E-state index in [0.29, 0.717) is 17.9 Å². The Labute approximate surface area is 183 Å². The molecule has 1 atom stereocenters. The lowest BCUT2D eigenvalue weighted by molar-refractivity contribution is 0.0595. The maximum absolute atomic E-state index is 12.4. The third kappa shape index (κ3) is 5.93. The van der Waals surface area contributed by atoms with E-state index >= 15 is 0 Å².